The van der Waals surface area contributed by atoms with Crippen LogP contribution in [0, 0.1) is 5.92 Å². The quantitative estimate of drug-likeness (QED) is 0.323. The minimum absolute atomic E-state index is 0. The monoisotopic (exact) mass is 552 g/mol. The zero-order chi connectivity index (χ0) is 24.6. The maximum absolute atomic E-state index is 13.8. The molecule has 1 aliphatic heterocycles. The van der Waals surface area contributed by atoms with E-state index in [1.165, 1.54) is 0 Å². The summed E-state index contributed by atoms with van der Waals surface area (Å²) in [4.78, 5) is 36.1. The summed E-state index contributed by atoms with van der Waals surface area (Å²) in [5, 5.41) is 18.3. The summed E-state index contributed by atoms with van der Waals surface area (Å²) in [6.07, 6.45) is 4.20. The molecule has 4 N–H and O–H groups in total. The molecule has 0 unspecified atom stereocenters. The Morgan fingerprint density at radius 1 is 1.29 bits per heavy atom. The molecule has 0 saturated carbocycles. The number of nitrogens with zero attached hydrogens (tertiary/aromatic N) is 3. The van der Waals surface area contributed by atoms with E-state index in [1.54, 1.807) is 18.0 Å². The van der Waals surface area contributed by atoms with E-state index in [1.807, 2.05) is 4.90 Å². The predicted octanol–water partition coefficient (Wildman–Crippen LogP) is 3.88. The van der Waals surface area contributed by atoms with Crippen LogP contribution in [-0.4, -0.2) is 82.2 Å². The van der Waals surface area contributed by atoms with Gasteiger partial charge in [-0.1, -0.05) is 34.6 Å². The third-order valence-corrected chi connectivity index (χ3v) is 6.12. The van der Waals surface area contributed by atoms with Gasteiger partial charge in [-0.2, -0.15) is 11.8 Å². The zero-order valence-electron chi connectivity index (χ0n) is 21.6. The summed E-state index contributed by atoms with van der Waals surface area (Å²) in [6, 6.07) is -0.371. The van der Waals surface area contributed by atoms with Gasteiger partial charge in [-0.25, -0.2) is 14.8 Å². The van der Waals surface area contributed by atoms with Gasteiger partial charge in [0.1, 0.15) is 17.2 Å². The van der Waals surface area contributed by atoms with Crippen molar-refractivity contribution in [3.63, 3.8) is 0 Å². The minimum Gasteiger partial charge on any atom is -0.465 e. The molecule has 1 saturated heterocycles. The van der Waals surface area contributed by atoms with Gasteiger partial charge in [0.05, 0.1) is 0 Å². The first-order valence-corrected chi connectivity index (χ1v) is 13.0. The zero-order valence-corrected chi connectivity index (χ0v) is 24.0. The Morgan fingerprint density at radius 3 is 2.54 bits per heavy atom. The highest BCUT2D eigenvalue weighted by molar-refractivity contribution is 7.98. The Bertz CT molecular complexity index is 810. The van der Waals surface area contributed by atoms with Crippen LogP contribution in [0.2, 0.25) is 0 Å². The second kappa shape index (κ2) is 15.6. The number of aromatic nitrogens is 2. The van der Waals surface area contributed by atoms with Gasteiger partial charge in [0.15, 0.2) is 0 Å². The molecule has 1 aliphatic rings. The van der Waals surface area contributed by atoms with Crippen LogP contribution in [0.3, 0.4) is 0 Å². The van der Waals surface area contributed by atoms with Crippen molar-refractivity contribution in [2.24, 2.45) is 5.92 Å². The van der Waals surface area contributed by atoms with Gasteiger partial charge >= 0.3 is 6.09 Å². The Labute approximate surface area is 226 Å². The molecule has 9 nitrogen and oxygen atoms in total. The van der Waals surface area contributed by atoms with Crippen LogP contribution in [0.25, 0.3) is 0 Å². The van der Waals surface area contributed by atoms with Crippen LogP contribution in [0.4, 0.5) is 10.6 Å². The molecule has 0 aliphatic carbocycles. The van der Waals surface area contributed by atoms with Crippen molar-refractivity contribution in [2.45, 2.75) is 65.0 Å². The summed E-state index contributed by atoms with van der Waals surface area (Å²) in [5.74, 6) is 2.41. The van der Waals surface area contributed by atoms with Crippen molar-refractivity contribution in [1.82, 2.24) is 25.5 Å². The van der Waals surface area contributed by atoms with Crippen LogP contribution >= 0.6 is 36.6 Å². The molecule has 0 spiro atoms. The molecule has 202 valence electrons. The van der Waals surface area contributed by atoms with Gasteiger partial charge in [0.2, 0.25) is 0 Å². The van der Waals surface area contributed by atoms with E-state index in [2.05, 4.69) is 61.8 Å². The van der Waals surface area contributed by atoms with Crippen molar-refractivity contribution in [2.75, 3.05) is 43.5 Å². The van der Waals surface area contributed by atoms with Crippen LogP contribution in [0.1, 0.15) is 63.6 Å². The molecule has 2 rings (SSSR count). The number of halogens is 2. The number of piperidine rings is 1. The highest BCUT2D eigenvalue weighted by atomic mass is 35.5. The Balaban J connectivity index is 0.00000578. The fourth-order valence-electron chi connectivity index (χ4n) is 3.84. The molecular formula is C23H42Cl2N6O3S. The molecule has 2 atom stereocenters. The lowest BCUT2D eigenvalue weighted by molar-refractivity contribution is 0.0603. The number of nitrogens with one attached hydrogen (secondary N) is 3. The van der Waals surface area contributed by atoms with Crippen molar-refractivity contribution in [3.8, 4) is 0 Å². The molecule has 0 radical (unpaired) electrons. The van der Waals surface area contributed by atoms with E-state index >= 15 is 0 Å². The van der Waals surface area contributed by atoms with E-state index in [0.29, 0.717) is 43.3 Å². The second-order valence-electron chi connectivity index (χ2n) is 10.0. The number of carboxylic acid groups (broad SMARTS) is 1. The molecule has 0 aromatic carbocycles. The fraction of sp³-hybridized carbons (Fsp3) is 0.739. The SMILES string of the molecule is CSCCCNc1nc(C(C)(C)C)ncc1C(=O)N(CC(C)C)[C@@H]1CNC[C@H](NC(=O)O)C1.Cl.Cl. The topological polar surface area (TPSA) is 119 Å². The lowest BCUT2D eigenvalue weighted by atomic mass is 9.95. The number of carbonyl (C=O) groups is 2. The molecule has 2 heterocycles. The van der Waals surface area contributed by atoms with Crippen LogP contribution < -0.4 is 16.0 Å². The summed E-state index contributed by atoms with van der Waals surface area (Å²) in [5.41, 5.74) is 0.221. The maximum Gasteiger partial charge on any atom is 0.404 e. The lowest BCUT2D eigenvalue weighted by Gasteiger charge is -2.39. The van der Waals surface area contributed by atoms with Gasteiger partial charge < -0.3 is 26.0 Å². The summed E-state index contributed by atoms with van der Waals surface area (Å²) >= 11 is 1.79. The Hall–Kier alpha value is -1.49. The van der Waals surface area contributed by atoms with E-state index in [9.17, 15) is 9.59 Å². The molecule has 2 amide bonds. The van der Waals surface area contributed by atoms with E-state index < -0.39 is 6.09 Å². The van der Waals surface area contributed by atoms with Gasteiger partial charge in [0.25, 0.3) is 5.91 Å². The Morgan fingerprint density at radius 2 is 1.97 bits per heavy atom. The molecule has 1 fully saturated rings. The van der Waals surface area contributed by atoms with Crippen molar-refractivity contribution in [1.29, 1.82) is 0 Å². The van der Waals surface area contributed by atoms with Crippen LogP contribution in [0.15, 0.2) is 6.20 Å². The summed E-state index contributed by atoms with van der Waals surface area (Å²) in [7, 11) is 0. The number of carbonyl (C=O) groups excluding carboxylic acids is 1. The van der Waals surface area contributed by atoms with Gasteiger partial charge in [-0.15, -0.1) is 24.8 Å². The largest absolute Gasteiger partial charge is 0.465 e. The van der Waals surface area contributed by atoms with E-state index in [4.69, 9.17) is 10.1 Å². The number of thioether (sulfide) groups is 1. The molecule has 12 heteroatoms. The number of rotatable bonds is 10. The standard InChI is InChI=1S/C23H40N6O3S.2ClH/c1-15(2)14-29(17-10-16(11-24-12-17)27-22(31)32)20(30)18-13-26-21(23(3,4)5)28-19(18)25-8-7-9-33-6;;/h13,15-17,24,27H,7-12,14H2,1-6H3,(H,31,32)(H,25,26,28);2*1H/t16-,17+;;/m1../s1. The molecular weight excluding hydrogens is 511 g/mol. The van der Waals surface area contributed by atoms with Crippen LogP contribution in [0.5, 0.6) is 0 Å². The molecule has 0 bridgehead atoms. The summed E-state index contributed by atoms with van der Waals surface area (Å²) < 4.78 is 0. The normalized spacial score (nSPS) is 17.7. The average molecular weight is 554 g/mol. The highest BCUT2D eigenvalue weighted by Crippen LogP contribution is 2.24. The second-order valence-corrected chi connectivity index (χ2v) is 11.0. The predicted molar refractivity (Wildman–Crippen MR) is 149 cm³/mol. The van der Waals surface area contributed by atoms with Gasteiger partial charge in [-0.3, -0.25) is 4.79 Å². The molecule has 1 aromatic heterocycles. The lowest BCUT2D eigenvalue weighted by Crippen LogP contribution is -2.57. The third-order valence-electron chi connectivity index (χ3n) is 5.43. The maximum atomic E-state index is 13.8. The molecule has 35 heavy (non-hydrogen) atoms. The Kier molecular flexibility index (Phi) is 14.9. The first-order valence-electron chi connectivity index (χ1n) is 11.6. The average Bonchev–Trinajstić information content (AvgIpc) is 2.73. The summed E-state index contributed by atoms with van der Waals surface area (Å²) in [6.45, 7) is 12.8. The highest BCUT2D eigenvalue weighted by Gasteiger charge is 2.33. The first-order chi connectivity index (χ1) is 15.5. The number of amides is 2. The molecule has 1 aromatic rings. The van der Waals surface area contributed by atoms with Crippen molar-refractivity contribution < 1.29 is 14.7 Å². The number of hydrogen-bond donors (Lipinski definition) is 4. The number of anilines is 1. The van der Waals surface area contributed by atoms with Gasteiger partial charge in [0, 0.05) is 49.9 Å². The minimum atomic E-state index is -1.05. The van der Waals surface area contributed by atoms with E-state index in [0.717, 1.165) is 18.7 Å². The number of hydrogen-bond acceptors (Lipinski definition) is 7. The first kappa shape index (κ1) is 33.5. The van der Waals surface area contributed by atoms with Crippen molar-refractivity contribution in [3.05, 3.63) is 17.6 Å². The fourth-order valence-corrected chi connectivity index (χ4v) is 4.28. The third kappa shape index (κ3) is 10.6. The smallest absolute Gasteiger partial charge is 0.404 e. The van der Waals surface area contributed by atoms with Gasteiger partial charge in [-0.05, 0) is 30.8 Å². The van der Waals surface area contributed by atoms with Crippen molar-refractivity contribution >= 4 is 54.4 Å². The van der Waals surface area contributed by atoms with E-state index in [-0.39, 0.29) is 54.1 Å². The van der Waals surface area contributed by atoms with Crippen LogP contribution in [-0.2, 0) is 5.41 Å².